The SMILES string of the molecule is C[C@H](NC(=O)[C@H]1C[C@@H](c2ccccc2)CCN1C(=O)OC(C)(C)C)C(=O)NCc1ccc(C(N)=NOC(=O)c2ccccc2)cc1. The van der Waals surface area contributed by atoms with Crippen molar-refractivity contribution in [3.8, 4) is 0 Å². The lowest BCUT2D eigenvalue weighted by Gasteiger charge is -2.39. The van der Waals surface area contributed by atoms with Crippen molar-refractivity contribution in [2.24, 2.45) is 10.9 Å². The average Bonchev–Trinajstić information content (AvgIpc) is 3.05. The molecule has 3 atom stereocenters. The molecule has 0 spiro atoms. The first kappa shape index (κ1) is 33.7. The standard InChI is InChI=1S/C35H41N5O6/c1-23(31(41)37-22-24-15-17-26(18-16-24)30(36)39-46-33(43)27-13-9-6-10-14-27)38-32(42)29-21-28(25-11-7-5-8-12-25)19-20-40(29)34(44)45-35(2,3)4/h5-18,23,28-29H,19-22H2,1-4H3,(H2,36,39)(H,37,41)(H,38,42)/t23-,28-,29+/m0/s1. The molecule has 1 fully saturated rings. The van der Waals surface area contributed by atoms with Crippen LogP contribution in [0.2, 0.25) is 0 Å². The molecule has 3 aromatic carbocycles. The number of piperidine rings is 1. The number of nitrogens with zero attached hydrogens (tertiary/aromatic N) is 2. The molecule has 1 saturated heterocycles. The van der Waals surface area contributed by atoms with Gasteiger partial charge in [-0.05, 0) is 69.7 Å². The van der Waals surface area contributed by atoms with Gasteiger partial charge in [-0.25, -0.2) is 9.59 Å². The molecule has 46 heavy (non-hydrogen) atoms. The number of carbonyl (C=O) groups excluding carboxylic acids is 4. The second-order valence-electron chi connectivity index (χ2n) is 12.2. The predicted molar refractivity (Wildman–Crippen MR) is 174 cm³/mol. The Morgan fingerprint density at radius 3 is 2.20 bits per heavy atom. The molecule has 4 N–H and O–H groups in total. The third-order valence-corrected chi connectivity index (χ3v) is 7.51. The van der Waals surface area contributed by atoms with Crippen molar-refractivity contribution in [1.82, 2.24) is 15.5 Å². The molecule has 11 heteroatoms. The highest BCUT2D eigenvalue weighted by Crippen LogP contribution is 2.32. The van der Waals surface area contributed by atoms with Gasteiger partial charge in [-0.1, -0.05) is 78.0 Å². The maximum atomic E-state index is 13.5. The molecule has 11 nitrogen and oxygen atoms in total. The van der Waals surface area contributed by atoms with Gasteiger partial charge in [-0.3, -0.25) is 14.5 Å². The van der Waals surface area contributed by atoms with Crippen LogP contribution in [0.15, 0.2) is 90.1 Å². The molecule has 1 aliphatic rings. The zero-order chi connectivity index (χ0) is 33.3. The number of nitrogens with two attached hydrogens (primary N) is 1. The fourth-order valence-corrected chi connectivity index (χ4v) is 5.06. The Labute approximate surface area is 269 Å². The van der Waals surface area contributed by atoms with E-state index < -0.39 is 35.7 Å². The number of amidine groups is 1. The number of ether oxygens (including phenoxy) is 1. The molecular weight excluding hydrogens is 586 g/mol. The van der Waals surface area contributed by atoms with E-state index in [0.29, 0.717) is 30.5 Å². The minimum Gasteiger partial charge on any atom is -0.444 e. The summed E-state index contributed by atoms with van der Waals surface area (Å²) in [5.41, 5.74) is 8.02. The van der Waals surface area contributed by atoms with Gasteiger partial charge in [0.2, 0.25) is 11.8 Å². The lowest BCUT2D eigenvalue weighted by Crippen LogP contribution is -2.57. The quantitative estimate of drug-likeness (QED) is 0.137. The molecule has 3 aromatic rings. The zero-order valence-electron chi connectivity index (χ0n) is 26.6. The van der Waals surface area contributed by atoms with E-state index in [1.165, 1.54) is 4.90 Å². The van der Waals surface area contributed by atoms with Gasteiger partial charge < -0.3 is 25.9 Å². The number of hydrogen-bond donors (Lipinski definition) is 3. The third kappa shape index (κ3) is 9.40. The predicted octanol–water partition coefficient (Wildman–Crippen LogP) is 4.47. The van der Waals surface area contributed by atoms with E-state index in [-0.39, 0.29) is 24.2 Å². The Morgan fingerprint density at radius 1 is 0.935 bits per heavy atom. The number of rotatable bonds is 9. The lowest BCUT2D eigenvalue weighted by molar-refractivity contribution is -0.132. The number of benzene rings is 3. The largest absolute Gasteiger partial charge is 0.444 e. The summed E-state index contributed by atoms with van der Waals surface area (Å²) in [6, 6.07) is 23.6. The molecule has 242 valence electrons. The Balaban J connectivity index is 1.33. The second kappa shape index (κ2) is 15.2. The zero-order valence-corrected chi connectivity index (χ0v) is 26.6. The van der Waals surface area contributed by atoms with E-state index in [1.54, 1.807) is 82.3 Å². The van der Waals surface area contributed by atoms with Crippen molar-refractivity contribution in [1.29, 1.82) is 0 Å². The highest BCUT2D eigenvalue weighted by atomic mass is 16.7. The van der Waals surface area contributed by atoms with Crippen LogP contribution in [0.3, 0.4) is 0 Å². The van der Waals surface area contributed by atoms with Gasteiger partial charge >= 0.3 is 12.1 Å². The molecule has 4 rings (SSSR count). The fourth-order valence-electron chi connectivity index (χ4n) is 5.06. The number of amides is 3. The molecule has 0 unspecified atom stereocenters. The van der Waals surface area contributed by atoms with Gasteiger partial charge in [-0.15, -0.1) is 0 Å². The van der Waals surface area contributed by atoms with Crippen molar-refractivity contribution in [3.05, 3.63) is 107 Å². The number of nitrogens with one attached hydrogen (secondary N) is 2. The summed E-state index contributed by atoms with van der Waals surface area (Å²) >= 11 is 0. The molecular formula is C35H41N5O6. The van der Waals surface area contributed by atoms with Gasteiger partial charge in [0.1, 0.15) is 17.7 Å². The maximum absolute atomic E-state index is 13.5. The first-order valence-corrected chi connectivity index (χ1v) is 15.2. The average molecular weight is 628 g/mol. The molecule has 0 bridgehead atoms. The summed E-state index contributed by atoms with van der Waals surface area (Å²) in [4.78, 5) is 58.0. The van der Waals surface area contributed by atoms with Crippen LogP contribution in [0.4, 0.5) is 4.79 Å². The van der Waals surface area contributed by atoms with Crippen molar-refractivity contribution in [2.45, 2.75) is 70.7 Å². The first-order valence-electron chi connectivity index (χ1n) is 15.2. The fraction of sp³-hybridized carbons (Fsp3) is 0.343. The molecule has 0 radical (unpaired) electrons. The van der Waals surface area contributed by atoms with Crippen LogP contribution in [0.5, 0.6) is 0 Å². The Bertz CT molecular complexity index is 1540. The Hall–Kier alpha value is -5.19. The number of likely N-dealkylation sites (tertiary alicyclic amines) is 1. The van der Waals surface area contributed by atoms with Gasteiger partial charge in [0, 0.05) is 18.7 Å². The van der Waals surface area contributed by atoms with Crippen LogP contribution < -0.4 is 16.4 Å². The Morgan fingerprint density at radius 2 is 1.57 bits per heavy atom. The van der Waals surface area contributed by atoms with Gasteiger partial charge in [0.05, 0.1) is 5.56 Å². The lowest BCUT2D eigenvalue weighted by atomic mass is 9.85. The maximum Gasteiger partial charge on any atom is 0.410 e. The topological polar surface area (TPSA) is 152 Å². The summed E-state index contributed by atoms with van der Waals surface area (Å²) in [6.45, 7) is 7.49. The molecule has 0 saturated carbocycles. The van der Waals surface area contributed by atoms with Crippen LogP contribution in [0, 0.1) is 0 Å². The van der Waals surface area contributed by atoms with Gasteiger partial charge in [0.15, 0.2) is 5.84 Å². The van der Waals surface area contributed by atoms with E-state index in [2.05, 4.69) is 15.8 Å². The third-order valence-electron chi connectivity index (χ3n) is 7.51. The molecule has 3 amide bonds. The number of hydrogen-bond acceptors (Lipinski definition) is 7. The Kier molecular flexibility index (Phi) is 11.1. The summed E-state index contributed by atoms with van der Waals surface area (Å²) in [6.07, 6.45) is 0.547. The van der Waals surface area contributed by atoms with Crippen LogP contribution in [0.1, 0.15) is 73.5 Å². The number of oxime groups is 1. The summed E-state index contributed by atoms with van der Waals surface area (Å²) < 4.78 is 5.59. The highest BCUT2D eigenvalue weighted by Gasteiger charge is 2.39. The van der Waals surface area contributed by atoms with E-state index in [4.69, 9.17) is 15.3 Å². The van der Waals surface area contributed by atoms with Crippen LogP contribution in [-0.4, -0.2) is 58.8 Å². The van der Waals surface area contributed by atoms with Gasteiger partial charge in [-0.2, -0.15) is 0 Å². The minimum absolute atomic E-state index is 0.0221. The van der Waals surface area contributed by atoms with Crippen LogP contribution in [-0.2, 0) is 25.7 Å². The van der Waals surface area contributed by atoms with Crippen LogP contribution in [0.25, 0.3) is 0 Å². The normalized spacial score (nSPS) is 17.4. The van der Waals surface area contributed by atoms with E-state index in [1.807, 2.05) is 30.3 Å². The summed E-state index contributed by atoms with van der Waals surface area (Å²) in [5, 5.41) is 9.34. The smallest absolute Gasteiger partial charge is 0.410 e. The summed E-state index contributed by atoms with van der Waals surface area (Å²) in [7, 11) is 0. The summed E-state index contributed by atoms with van der Waals surface area (Å²) in [5.74, 6) is -1.32. The first-order chi connectivity index (χ1) is 21.9. The molecule has 0 aromatic heterocycles. The van der Waals surface area contributed by atoms with E-state index in [0.717, 1.165) is 11.1 Å². The second-order valence-corrected chi connectivity index (χ2v) is 12.2. The molecule has 0 aliphatic carbocycles. The van der Waals surface area contributed by atoms with Crippen molar-refractivity contribution in [3.63, 3.8) is 0 Å². The minimum atomic E-state index is -0.855. The van der Waals surface area contributed by atoms with Gasteiger partial charge in [0.25, 0.3) is 0 Å². The van der Waals surface area contributed by atoms with Crippen molar-refractivity contribution in [2.75, 3.05) is 6.54 Å². The van der Waals surface area contributed by atoms with Crippen LogP contribution >= 0.6 is 0 Å². The highest BCUT2D eigenvalue weighted by molar-refractivity contribution is 5.98. The van der Waals surface area contributed by atoms with E-state index in [9.17, 15) is 19.2 Å². The van der Waals surface area contributed by atoms with Crippen molar-refractivity contribution < 1.29 is 28.8 Å². The van der Waals surface area contributed by atoms with Crippen molar-refractivity contribution >= 4 is 29.7 Å². The number of carbonyl (C=O) groups is 4. The molecule has 1 aliphatic heterocycles. The monoisotopic (exact) mass is 627 g/mol. The molecule has 1 heterocycles. The van der Waals surface area contributed by atoms with E-state index >= 15 is 0 Å².